The second-order valence-corrected chi connectivity index (χ2v) is 9.51. The highest BCUT2D eigenvalue weighted by Gasteiger charge is 2.33. The molecule has 3 amide bonds. The Morgan fingerprint density at radius 2 is 1.69 bits per heavy atom. The molecule has 0 aliphatic heterocycles. The zero-order chi connectivity index (χ0) is 25.5. The highest BCUT2D eigenvalue weighted by atomic mass is 32.1. The Hall–Kier alpha value is -3.59. The zero-order valence-electron chi connectivity index (χ0n) is 20.2. The van der Waals surface area contributed by atoms with Crippen molar-refractivity contribution in [3.8, 4) is 0 Å². The lowest BCUT2D eigenvalue weighted by Crippen LogP contribution is -2.46. The number of nitrogens with zero attached hydrogens (tertiary/aromatic N) is 2. The van der Waals surface area contributed by atoms with Crippen LogP contribution in [-0.2, 0) is 14.4 Å². The second-order valence-electron chi connectivity index (χ2n) is 8.61. The molecule has 7 nitrogen and oxygen atoms in total. The van der Waals surface area contributed by atoms with Gasteiger partial charge in [0.25, 0.3) is 0 Å². The third-order valence-electron chi connectivity index (χ3n) is 5.12. The molecule has 0 saturated heterocycles. The van der Waals surface area contributed by atoms with Crippen molar-refractivity contribution >= 4 is 39.9 Å². The van der Waals surface area contributed by atoms with Gasteiger partial charge < -0.3 is 10.6 Å². The normalized spacial score (nSPS) is 11.7. The Kier molecular flexibility index (Phi) is 8.70. The third kappa shape index (κ3) is 7.19. The van der Waals surface area contributed by atoms with E-state index >= 15 is 0 Å². The molecule has 0 radical (unpaired) electrons. The Morgan fingerprint density at radius 1 is 1.03 bits per heavy atom. The maximum atomic E-state index is 13.7. The number of carbonyl (C=O) groups is 3. The molecule has 0 fully saturated rings. The number of hydrogen-bond acceptors (Lipinski definition) is 5. The van der Waals surface area contributed by atoms with Crippen LogP contribution in [0.25, 0.3) is 0 Å². The largest absolute Gasteiger partial charge is 0.352 e. The predicted octanol–water partition coefficient (Wildman–Crippen LogP) is 4.92. The lowest BCUT2D eigenvalue weighted by molar-refractivity contribution is -0.127. The summed E-state index contributed by atoms with van der Waals surface area (Å²) in [7, 11) is 0. The molecular weight excluding hydrogens is 467 g/mol. The maximum Gasteiger partial charge on any atom is 0.248 e. The minimum Gasteiger partial charge on any atom is -0.352 e. The van der Waals surface area contributed by atoms with Crippen molar-refractivity contribution in [1.29, 1.82) is 0 Å². The molecule has 0 aliphatic rings. The first-order valence-electron chi connectivity index (χ1n) is 11.3. The second kappa shape index (κ2) is 11.7. The number of nitrogens with one attached hydrogen (secondary N) is 2. The van der Waals surface area contributed by atoms with E-state index in [2.05, 4.69) is 15.6 Å². The summed E-state index contributed by atoms with van der Waals surface area (Å²) in [6, 6.07) is 9.90. The van der Waals surface area contributed by atoms with Gasteiger partial charge in [-0.15, -0.1) is 11.3 Å². The van der Waals surface area contributed by atoms with Crippen LogP contribution in [0.15, 0.2) is 54.0 Å². The number of anilines is 2. The molecule has 184 valence electrons. The summed E-state index contributed by atoms with van der Waals surface area (Å²) in [4.78, 5) is 44.8. The molecule has 9 heteroatoms. The van der Waals surface area contributed by atoms with Crippen LogP contribution in [0.5, 0.6) is 0 Å². The lowest BCUT2D eigenvalue weighted by Gasteiger charge is -2.32. The van der Waals surface area contributed by atoms with Gasteiger partial charge in [-0.1, -0.05) is 18.2 Å². The summed E-state index contributed by atoms with van der Waals surface area (Å²) in [5.41, 5.74) is 2.83. The van der Waals surface area contributed by atoms with Crippen molar-refractivity contribution in [2.24, 2.45) is 0 Å². The van der Waals surface area contributed by atoms with Crippen molar-refractivity contribution in [3.05, 3.63) is 76.5 Å². The summed E-state index contributed by atoms with van der Waals surface area (Å²) in [5, 5.41) is 7.73. The van der Waals surface area contributed by atoms with E-state index in [-0.39, 0.29) is 24.8 Å². The molecule has 35 heavy (non-hydrogen) atoms. The van der Waals surface area contributed by atoms with Crippen LogP contribution in [0.1, 0.15) is 49.4 Å². The van der Waals surface area contributed by atoms with E-state index in [1.165, 1.54) is 40.5 Å². The zero-order valence-corrected chi connectivity index (χ0v) is 21.0. The summed E-state index contributed by atoms with van der Waals surface area (Å²) in [6.07, 6.45) is 1.37. The molecule has 1 aromatic heterocycles. The highest BCUT2D eigenvalue weighted by Crippen LogP contribution is 2.31. The molecule has 0 spiro atoms. The van der Waals surface area contributed by atoms with Gasteiger partial charge in [-0.3, -0.25) is 19.3 Å². The van der Waals surface area contributed by atoms with Crippen LogP contribution in [0.4, 0.5) is 15.2 Å². The molecule has 3 rings (SSSR count). The standard InChI is InChI=1S/C26H29FN4O3S/c1-16(2)29-25(34)24(19-5-7-20(27)8-6-19)31(21-14-17(3)13-18(4)15-21)23(33)10-9-22(32)30-26-28-11-12-35-26/h5-8,11-16,24H,9-10H2,1-4H3,(H,29,34)(H,28,30,32)/t24-/m1/s1. The average Bonchev–Trinajstić information content (AvgIpc) is 3.28. The minimum atomic E-state index is -1.05. The molecule has 1 heterocycles. The van der Waals surface area contributed by atoms with Crippen molar-refractivity contribution in [3.63, 3.8) is 0 Å². The number of aryl methyl sites for hydroxylation is 2. The number of carbonyl (C=O) groups excluding carboxylic acids is 3. The molecule has 0 unspecified atom stereocenters. The van der Waals surface area contributed by atoms with E-state index in [0.29, 0.717) is 16.4 Å². The van der Waals surface area contributed by atoms with Crippen LogP contribution in [0.3, 0.4) is 0 Å². The molecule has 2 N–H and O–H groups in total. The van der Waals surface area contributed by atoms with Gasteiger partial charge in [-0.2, -0.15) is 0 Å². The average molecular weight is 497 g/mol. The predicted molar refractivity (Wildman–Crippen MR) is 136 cm³/mol. The highest BCUT2D eigenvalue weighted by molar-refractivity contribution is 7.13. The van der Waals surface area contributed by atoms with Crippen molar-refractivity contribution in [1.82, 2.24) is 10.3 Å². The number of aromatic nitrogens is 1. The molecule has 0 saturated carbocycles. The van der Waals surface area contributed by atoms with Gasteiger partial charge in [0, 0.05) is 36.1 Å². The quantitative estimate of drug-likeness (QED) is 0.440. The molecule has 3 aromatic rings. The summed E-state index contributed by atoms with van der Waals surface area (Å²) in [6.45, 7) is 7.46. The summed E-state index contributed by atoms with van der Waals surface area (Å²) in [5.74, 6) is -1.59. The Bertz CT molecular complexity index is 1160. The van der Waals surface area contributed by atoms with Crippen molar-refractivity contribution in [2.75, 3.05) is 10.2 Å². The van der Waals surface area contributed by atoms with Crippen molar-refractivity contribution < 1.29 is 18.8 Å². The number of thiazole rings is 1. The smallest absolute Gasteiger partial charge is 0.248 e. The first kappa shape index (κ1) is 26.0. The fourth-order valence-corrected chi connectivity index (χ4v) is 4.31. The summed E-state index contributed by atoms with van der Waals surface area (Å²) < 4.78 is 13.7. The van der Waals surface area contributed by atoms with Crippen molar-refractivity contribution in [2.45, 2.75) is 52.6 Å². The first-order valence-corrected chi connectivity index (χ1v) is 12.2. The van der Waals surface area contributed by atoms with Gasteiger partial charge in [0.05, 0.1) is 0 Å². The van der Waals surface area contributed by atoms with E-state index in [9.17, 15) is 18.8 Å². The van der Waals surface area contributed by atoms with E-state index in [1.807, 2.05) is 45.9 Å². The van der Waals surface area contributed by atoms with Crippen LogP contribution >= 0.6 is 11.3 Å². The molecule has 1 atom stereocenters. The molecular formula is C26H29FN4O3S. The Balaban J connectivity index is 1.98. The maximum absolute atomic E-state index is 13.7. The van der Waals surface area contributed by atoms with E-state index < -0.39 is 23.7 Å². The van der Waals surface area contributed by atoms with Gasteiger partial charge in [0.2, 0.25) is 17.7 Å². The van der Waals surface area contributed by atoms with Gasteiger partial charge in [0.1, 0.15) is 11.9 Å². The van der Waals surface area contributed by atoms with Gasteiger partial charge in [-0.05, 0) is 68.7 Å². The molecule has 0 bridgehead atoms. The Labute approximate surface area is 208 Å². The number of rotatable bonds is 9. The van der Waals surface area contributed by atoms with Crippen LogP contribution in [-0.4, -0.2) is 28.7 Å². The Morgan fingerprint density at radius 3 is 2.26 bits per heavy atom. The number of halogens is 1. The van der Waals surface area contributed by atoms with Gasteiger partial charge in [-0.25, -0.2) is 9.37 Å². The minimum absolute atomic E-state index is 0.0817. The monoisotopic (exact) mass is 496 g/mol. The van der Waals surface area contributed by atoms with E-state index in [4.69, 9.17) is 0 Å². The van der Waals surface area contributed by atoms with Crippen LogP contribution in [0.2, 0.25) is 0 Å². The SMILES string of the molecule is Cc1cc(C)cc(N(C(=O)CCC(=O)Nc2nccs2)[C@@H](C(=O)NC(C)C)c2ccc(F)cc2)c1. The fraction of sp³-hybridized carbons (Fsp3) is 0.308. The lowest BCUT2D eigenvalue weighted by atomic mass is 10.0. The van der Waals surface area contributed by atoms with Gasteiger partial charge in [0.15, 0.2) is 5.13 Å². The first-order chi connectivity index (χ1) is 16.6. The summed E-state index contributed by atoms with van der Waals surface area (Å²) >= 11 is 1.28. The fourth-order valence-electron chi connectivity index (χ4n) is 3.76. The number of amides is 3. The van der Waals surface area contributed by atoms with E-state index in [0.717, 1.165) is 11.1 Å². The van der Waals surface area contributed by atoms with Crippen LogP contribution in [0, 0.1) is 19.7 Å². The third-order valence-corrected chi connectivity index (χ3v) is 5.81. The van der Waals surface area contributed by atoms with E-state index in [1.54, 1.807) is 11.6 Å². The molecule has 0 aliphatic carbocycles. The topological polar surface area (TPSA) is 91.4 Å². The number of benzene rings is 2. The van der Waals surface area contributed by atoms with Crippen LogP contribution < -0.4 is 15.5 Å². The number of hydrogen-bond donors (Lipinski definition) is 2. The van der Waals surface area contributed by atoms with Gasteiger partial charge >= 0.3 is 0 Å². The molecule has 2 aromatic carbocycles.